The van der Waals surface area contributed by atoms with Crippen LogP contribution in [0.25, 0.3) is 11.3 Å². The van der Waals surface area contributed by atoms with Crippen LogP contribution in [0.2, 0.25) is 5.02 Å². The summed E-state index contributed by atoms with van der Waals surface area (Å²) in [5.74, 6) is 1.41. The normalized spacial score (nSPS) is 17.6. The number of pyridine rings is 1. The van der Waals surface area contributed by atoms with Crippen molar-refractivity contribution in [3.05, 3.63) is 23.0 Å². The van der Waals surface area contributed by atoms with Gasteiger partial charge in [0.15, 0.2) is 5.69 Å². The summed E-state index contributed by atoms with van der Waals surface area (Å²) >= 11 is 5.90. The number of anilines is 1. The highest BCUT2D eigenvalue weighted by molar-refractivity contribution is 7.51. The summed E-state index contributed by atoms with van der Waals surface area (Å²) in [5, 5.41) is 10.3. The second-order valence-electron chi connectivity index (χ2n) is 10.2. The highest BCUT2D eigenvalue weighted by Crippen LogP contribution is 2.39. The number of aryl methyl sites for hydroxylation is 1. The number of halogens is 4. The van der Waals surface area contributed by atoms with Gasteiger partial charge in [-0.05, 0) is 45.4 Å². The van der Waals surface area contributed by atoms with Crippen LogP contribution in [0.4, 0.5) is 19.0 Å². The van der Waals surface area contributed by atoms with E-state index in [0.717, 1.165) is 32.6 Å². The number of hydrogen-bond acceptors (Lipinski definition) is 7. The molecule has 2 aromatic rings. The molecule has 0 radical (unpaired) electrons. The molecule has 2 heterocycles. The molecule has 14 heteroatoms. The second kappa shape index (κ2) is 14.1. The van der Waals surface area contributed by atoms with E-state index in [2.05, 4.69) is 27.6 Å². The molecule has 0 aliphatic heterocycles. The predicted molar refractivity (Wildman–Crippen MR) is 143 cm³/mol. The summed E-state index contributed by atoms with van der Waals surface area (Å²) in [4.78, 5) is 17.2. The first kappa shape index (κ1) is 32.5. The molecule has 1 aliphatic rings. The zero-order valence-electron chi connectivity index (χ0n) is 22.7. The van der Waals surface area contributed by atoms with E-state index in [1.807, 2.05) is 6.92 Å². The van der Waals surface area contributed by atoms with Crippen LogP contribution in [0.5, 0.6) is 5.75 Å². The van der Waals surface area contributed by atoms with Gasteiger partial charge in [-0.3, -0.25) is 9.48 Å². The molecule has 1 saturated carbocycles. The molecular weight excluding hydrogens is 559 g/mol. The van der Waals surface area contributed by atoms with Gasteiger partial charge in [0.25, 0.3) is 5.91 Å². The Bertz CT molecular complexity index is 1160. The van der Waals surface area contributed by atoms with Crippen molar-refractivity contribution in [2.75, 3.05) is 25.5 Å². The summed E-state index contributed by atoms with van der Waals surface area (Å²) in [6.45, 7) is 7.01. The minimum Gasteiger partial charge on any atom is -0.496 e. The van der Waals surface area contributed by atoms with Gasteiger partial charge in [-0.2, -0.15) is 26.7 Å². The highest BCUT2D eigenvalue weighted by atomic mass is 35.5. The van der Waals surface area contributed by atoms with Crippen LogP contribution in [0.3, 0.4) is 0 Å². The van der Waals surface area contributed by atoms with Crippen molar-refractivity contribution in [1.29, 1.82) is 0 Å². The fraction of sp³-hybridized carbons (Fsp3) is 0.640. The highest BCUT2D eigenvalue weighted by Gasteiger charge is 2.47. The molecule has 0 atom stereocenters. The van der Waals surface area contributed by atoms with Crippen molar-refractivity contribution >= 4 is 34.9 Å². The number of hydrogen-bond donors (Lipinski definition) is 2. The van der Waals surface area contributed by atoms with Crippen molar-refractivity contribution in [2.24, 2.45) is 17.3 Å². The number of rotatable bonds is 9. The third-order valence-electron chi connectivity index (χ3n) is 6.92. The molecule has 9 nitrogen and oxygen atoms in total. The topological polar surface area (TPSA) is 115 Å². The van der Waals surface area contributed by atoms with E-state index in [1.165, 1.54) is 32.2 Å². The lowest BCUT2D eigenvalue weighted by Crippen LogP contribution is -2.38. The molecule has 2 N–H and O–H groups in total. The molecule has 2 aromatic heterocycles. The molecule has 1 fully saturated rings. The van der Waals surface area contributed by atoms with Crippen LogP contribution in [0, 0.1) is 17.3 Å². The second-order valence-corrected chi connectivity index (χ2v) is 10.7. The Labute approximate surface area is 234 Å². The van der Waals surface area contributed by atoms with Gasteiger partial charge in [0.1, 0.15) is 11.6 Å². The molecule has 3 rings (SSSR count). The zero-order chi connectivity index (χ0) is 29.4. The SMILES string of the molecule is CCn1nc(C(=O)NCC2CCC(C)CC2)c(Cl)c1-c1cnc(NCC(C)(C)C(F)(F)F)cc1OC.O=S=O. The smallest absolute Gasteiger partial charge is 0.395 e. The average Bonchev–Trinajstić information content (AvgIpc) is 3.22. The minimum absolute atomic E-state index is 0.119. The number of alkyl halides is 3. The van der Waals surface area contributed by atoms with E-state index < -0.39 is 23.2 Å². The van der Waals surface area contributed by atoms with E-state index in [9.17, 15) is 18.0 Å². The van der Waals surface area contributed by atoms with Gasteiger partial charge in [-0.15, -0.1) is 0 Å². The standard InChI is InChI=1S/C25H35ClF3N5O2.O2S/c1-6-34-22(20(26)21(33-34)23(35)31-12-16-9-7-15(2)8-10-16)17-13-30-19(11-18(17)36-5)32-14-24(3,4)25(27,28)29;1-3-2/h11,13,15-16H,6-10,12,14H2,1-5H3,(H,30,32)(H,31,35);. The van der Waals surface area contributed by atoms with Crippen molar-refractivity contribution in [2.45, 2.75) is 66.1 Å². The van der Waals surface area contributed by atoms with Crippen molar-refractivity contribution in [3.63, 3.8) is 0 Å². The molecule has 0 aromatic carbocycles. The fourth-order valence-corrected chi connectivity index (χ4v) is 4.54. The number of aromatic nitrogens is 3. The summed E-state index contributed by atoms with van der Waals surface area (Å²) in [6, 6.07) is 1.51. The maximum Gasteiger partial charge on any atom is 0.395 e. The van der Waals surface area contributed by atoms with Crippen LogP contribution in [0.1, 0.15) is 63.9 Å². The third kappa shape index (κ3) is 8.41. The molecule has 1 aliphatic carbocycles. The molecule has 1 amide bonds. The van der Waals surface area contributed by atoms with Gasteiger partial charge in [-0.25, -0.2) is 4.98 Å². The first-order valence-electron chi connectivity index (χ1n) is 12.6. The maximum atomic E-state index is 13.2. The van der Waals surface area contributed by atoms with Gasteiger partial charge < -0.3 is 15.4 Å². The Morgan fingerprint density at radius 3 is 2.38 bits per heavy atom. The van der Waals surface area contributed by atoms with Gasteiger partial charge >= 0.3 is 17.7 Å². The Balaban J connectivity index is 0.00000170. The van der Waals surface area contributed by atoms with E-state index in [-0.39, 0.29) is 29.0 Å². The Morgan fingerprint density at radius 2 is 1.85 bits per heavy atom. The van der Waals surface area contributed by atoms with Crippen molar-refractivity contribution in [3.8, 4) is 17.0 Å². The lowest BCUT2D eigenvalue weighted by Gasteiger charge is -2.28. The number of methoxy groups -OCH3 is 1. The Morgan fingerprint density at radius 1 is 1.23 bits per heavy atom. The monoisotopic (exact) mass is 593 g/mol. The number of nitrogens with zero attached hydrogens (tertiary/aromatic N) is 3. The number of carbonyl (C=O) groups is 1. The maximum absolute atomic E-state index is 13.2. The van der Waals surface area contributed by atoms with Crippen LogP contribution < -0.4 is 15.4 Å². The van der Waals surface area contributed by atoms with Gasteiger partial charge in [-0.1, -0.05) is 31.4 Å². The number of nitrogens with one attached hydrogen (secondary N) is 2. The Kier molecular flexibility index (Phi) is 11.8. The predicted octanol–water partition coefficient (Wildman–Crippen LogP) is 5.51. The number of amides is 1. The van der Waals surface area contributed by atoms with Crippen molar-refractivity contribution < 1.29 is 31.1 Å². The first-order valence-corrected chi connectivity index (χ1v) is 13.6. The summed E-state index contributed by atoms with van der Waals surface area (Å²) in [5.41, 5.74) is -0.878. The Hall–Kier alpha value is -2.67. The summed E-state index contributed by atoms with van der Waals surface area (Å²) in [6.07, 6.45) is 1.61. The lowest BCUT2D eigenvalue weighted by molar-refractivity contribution is -0.206. The quantitative estimate of drug-likeness (QED) is 0.394. The van der Waals surface area contributed by atoms with E-state index in [0.29, 0.717) is 36.0 Å². The van der Waals surface area contributed by atoms with Gasteiger partial charge in [0, 0.05) is 31.9 Å². The summed E-state index contributed by atoms with van der Waals surface area (Å²) in [7, 11) is 1.45. The fourth-order valence-electron chi connectivity index (χ4n) is 4.22. The third-order valence-corrected chi connectivity index (χ3v) is 7.27. The van der Waals surface area contributed by atoms with Crippen LogP contribution >= 0.6 is 11.6 Å². The van der Waals surface area contributed by atoms with E-state index in [4.69, 9.17) is 24.8 Å². The number of carbonyl (C=O) groups excluding carboxylic acids is 1. The lowest BCUT2D eigenvalue weighted by atomic mass is 9.83. The minimum atomic E-state index is -4.36. The largest absolute Gasteiger partial charge is 0.496 e. The van der Waals surface area contributed by atoms with Crippen LogP contribution in [-0.4, -0.2) is 55.5 Å². The van der Waals surface area contributed by atoms with E-state index in [1.54, 1.807) is 4.68 Å². The molecule has 39 heavy (non-hydrogen) atoms. The van der Waals surface area contributed by atoms with Gasteiger partial charge in [0.05, 0.1) is 28.8 Å². The number of ether oxygens (including phenoxy) is 1. The van der Waals surface area contributed by atoms with Crippen LogP contribution in [0.15, 0.2) is 12.3 Å². The molecular formula is C25H35ClF3N5O4S. The molecule has 0 saturated heterocycles. The molecule has 0 spiro atoms. The first-order chi connectivity index (χ1) is 18.3. The average molecular weight is 594 g/mol. The zero-order valence-corrected chi connectivity index (χ0v) is 24.2. The summed E-state index contributed by atoms with van der Waals surface area (Å²) < 4.78 is 63.3. The van der Waals surface area contributed by atoms with E-state index >= 15 is 0 Å². The van der Waals surface area contributed by atoms with Gasteiger partial charge in [0.2, 0.25) is 0 Å². The molecule has 0 bridgehead atoms. The molecule has 0 unspecified atom stereocenters. The molecule has 218 valence electrons. The van der Waals surface area contributed by atoms with Crippen molar-refractivity contribution in [1.82, 2.24) is 20.1 Å². The van der Waals surface area contributed by atoms with Crippen LogP contribution in [-0.2, 0) is 18.1 Å².